The summed E-state index contributed by atoms with van der Waals surface area (Å²) in [5, 5.41) is 13.7. The number of benzene rings is 2. The summed E-state index contributed by atoms with van der Waals surface area (Å²) >= 11 is 0. The van der Waals surface area contributed by atoms with E-state index in [0.29, 0.717) is 48.0 Å². The van der Waals surface area contributed by atoms with Gasteiger partial charge >= 0.3 is 0 Å². The zero-order chi connectivity index (χ0) is 28.9. The first kappa shape index (κ1) is 28.1. The molecule has 3 N–H and O–H groups in total. The molecule has 0 bridgehead atoms. The first-order chi connectivity index (χ1) is 19.8. The van der Waals surface area contributed by atoms with Gasteiger partial charge in [-0.15, -0.1) is 0 Å². The molecule has 1 atom stereocenters. The highest BCUT2D eigenvalue weighted by Gasteiger charge is 2.20. The van der Waals surface area contributed by atoms with E-state index in [-0.39, 0.29) is 17.9 Å². The zero-order valence-electron chi connectivity index (χ0n) is 23.7. The minimum absolute atomic E-state index is 0.138. The largest absolute Gasteiger partial charge is 0.383 e. The van der Waals surface area contributed by atoms with E-state index in [2.05, 4.69) is 30.9 Å². The van der Waals surface area contributed by atoms with Crippen molar-refractivity contribution in [2.24, 2.45) is 0 Å². The van der Waals surface area contributed by atoms with Crippen LogP contribution in [0.2, 0.25) is 0 Å². The molecule has 3 heterocycles. The van der Waals surface area contributed by atoms with Crippen molar-refractivity contribution in [3.8, 4) is 0 Å². The number of hydrogen-bond acceptors (Lipinski definition) is 8. The molecule has 0 aliphatic carbocycles. The van der Waals surface area contributed by atoms with E-state index in [1.807, 2.05) is 63.2 Å². The third kappa shape index (κ3) is 6.31. The van der Waals surface area contributed by atoms with Gasteiger partial charge in [0.2, 0.25) is 0 Å². The Bertz CT molecular complexity index is 1560. The molecule has 11 heteroatoms. The maximum Gasteiger partial charge on any atom is 0.255 e. The Morgan fingerprint density at radius 2 is 1.90 bits per heavy atom. The van der Waals surface area contributed by atoms with Crippen LogP contribution in [-0.4, -0.2) is 72.5 Å². The van der Waals surface area contributed by atoms with Gasteiger partial charge in [-0.3, -0.25) is 9.59 Å². The van der Waals surface area contributed by atoms with E-state index in [1.54, 1.807) is 17.8 Å². The molecule has 0 saturated carbocycles. The van der Waals surface area contributed by atoms with Crippen LogP contribution in [-0.2, 0) is 9.47 Å². The number of ether oxygens (including phenoxy) is 2. The molecule has 1 aliphatic rings. The van der Waals surface area contributed by atoms with E-state index in [0.717, 1.165) is 35.6 Å². The molecule has 0 radical (unpaired) electrons. The van der Waals surface area contributed by atoms with Crippen LogP contribution < -0.4 is 20.9 Å². The molecule has 11 nitrogen and oxygen atoms in total. The number of nitrogens with one attached hydrogen (secondary N) is 3. The monoisotopic (exact) mass is 557 g/mol. The standard InChI is InChI=1S/C30H35N7O4/c1-19-8-9-23(34-29(38)22-6-5-7-24(14-22)36-10-12-41-13-11-36)15-26(19)35-28-27-21(3)25(16-37(27)32-18-31-28)30(39)33-20(2)17-40-4/h5-9,14-16,18,20H,10-13,17H2,1-4H3,(H,33,39)(H,34,38)(H,31,32,35)/t20-/m0/s1. The number of morpholine rings is 1. The molecule has 214 valence electrons. The SMILES string of the molecule is COC[C@H](C)NC(=O)c1cn2ncnc(Nc3cc(NC(=O)c4cccc(N5CCOCC5)c4)ccc3C)c2c1C. The van der Waals surface area contributed by atoms with Crippen LogP contribution in [0, 0.1) is 13.8 Å². The number of carbonyl (C=O) groups is 2. The number of amides is 2. The quantitative estimate of drug-likeness (QED) is 0.283. The number of fused-ring (bicyclic) bond motifs is 1. The van der Waals surface area contributed by atoms with Gasteiger partial charge in [0.25, 0.3) is 11.8 Å². The molecule has 41 heavy (non-hydrogen) atoms. The van der Waals surface area contributed by atoms with Gasteiger partial charge in [0, 0.05) is 55.1 Å². The molecule has 2 aromatic carbocycles. The first-order valence-electron chi connectivity index (χ1n) is 13.6. The lowest BCUT2D eigenvalue weighted by Gasteiger charge is -2.29. The predicted octanol–water partition coefficient (Wildman–Crippen LogP) is 3.94. The molecule has 1 saturated heterocycles. The summed E-state index contributed by atoms with van der Waals surface area (Å²) in [5.41, 5.74) is 5.90. The van der Waals surface area contributed by atoms with Gasteiger partial charge in [0.1, 0.15) is 11.8 Å². The average Bonchev–Trinajstić information content (AvgIpc) is 3.32. The van der Waals surface area contributed by atoms with Gasteiger partial charge in [0.15, 0.2) is 5.82 Å². The lowest BCUT2D eigenvalue weighted by Crippen LogP contribution is -2.36. The topological polar surface area (TPSA) is 122 Å². The van der Waals surface area contributed by atoms with E-state index in [4.69, 9.17) is 9.47 Å². The van der Waals surface area contributed by atoms with Crippen LogP contribution in [0.15, 0.2) is 55.0 Å². The summed E-state index contributed by atoms with van der Waals surface area (Å²) in [6.45, 7) is 9.10. The van der Waals surface area contributed by atoms with Gasteiger partial charge in [-0.2, -0.15) is 5.10 Å². The van der Waals surface area contributed by atoms with E-state index < -0.39 is 0 Å². The van der Waals surface area contributed by atoms with E-state index >= 15 is 0 Å². The first-order valence-corrected chi connectivity index (χ1v) is 13.6. The molecule has 2 aromatic heterocycles. The molecular weight excluding hydrogens is 522 g/mol. The summed E-state index contributed by atoms with van der Waals surface area (Å²) < 4.78 is 12.2. The van der Waals surface area contributed by atoms with Crippen LogP contribution in [0.5, 0.6) is 0 Å². The zero-order valence-corrected chi connectivity index (χ0v) is 23.7. The third-order valence-electron chi connectivity index (χ3n) is 7.10. The summed E-state index contributed by atoms with van der Waals surface area (Å²) in [5.74, 6) is 0.147. The number of aryl methyl sites for hydroxylation is 2. The summed E-state index contributed by atoms with van der Waals surface area (Å²) in [6.07, 6.45) is 3.13. The van der Waals surface area contributed by atoms with E-state index in [9.17, 15) is 9.59 Å². The van der Waals surface area contributed by atoms with Gasteiger partial charge in [-0.1, -0.05) is 12.1 Å². The number of anilines is 4. The fourth-order valence-electron chi connectivity index (χ4n) is 4.90. The van der Waals surface area contributed by atoms with Gasteiger partial charge < -0.3 is 30.3 Å². The van der Waals surface area contributed by atoms with Crippen molar-refractivity contribution in [1.82, 2.24) is 19.9 Å². The Kier molecular flexibility index (Phi) is 8.46. The molecule has 0 spiro atoms. The Labute approximate surface area is 238 Å². The molecule has 1 aliphatic heterocycles. The average molecular weight is 558 g/mol. The number of rotatable bonds is 9. The fraction of sp³-hybridized carbons (Fsp3) is 0.333. The van der Waals surface area contributed by atoms with Crippen molar-refractivity contribution in [2.75, 3.05) is 55.6 Å². The highest BCUT2D eigenvalue weighted by atomic mass is 16.5. The van der Waals surface area contributed by atoms with Crippen molar-refractivity contribution >= 4 is 40.2 Å². The third-order valence-corrected chi connectivity index (χ3v) is 7.10. The van der Waals surface area contributed by atoms with Crippen LogP contribution in [0.3, 0.4) is 0 Å². The van der Waals surface area contributed by atoms with Crippen molar-refractivity contribution < 1.29 is 19.1 Å². The maximum atomic E-state index is 13.2. The van der Waals surface area contributed by atoms with Crippen LogP contribution in [0.1, 0.15) is 38.8 Å². The highest BCUT2D eigenvalue weighted by Crippen LogP contribution is 2.29. The second-order valence-corrected chi connectivity index (χ2v) is 10.2. The lowest BCUT2D eigenvalue weighted by molar-refractivity contribution is 0.0904. The Morgan fingerprint density at radius 1 is 1.10 bits per heavy atom. The number of hydrogen-bond donors (Lipinski definition) is 3. The fourth-order valence-corrected chi connectivity index (χ4v) is 4.90. The van der Waals surface area contributed by atoms with Crippen molar-refractivity contribution in [3.05, 3.63) is 77.2 Å². The van der Waals surface area contributed by atoms with Crippen molar-refractivity contribution in [2.45, 2.75) is 26.8 Å². The van der Waals surface area contributed by atoms with Gasteiger partial charge in [-0.25, -0.2) is 9.50 Å². The summed E-state index contributed by atoms with van der Waals surface area (Å²) in [7, 11) is 1.60. The number of nitrogens with zero attached hydrogens (tertiary/aromatic N) is 4. The summed E-state index contributed by atoms with van der Waals surface area (Å²) in [4.78, 5) is 32.8. The second-order valence-electron chi connectivity index (χ2n) is 10.2. The normalized spacial score (nSPS) is 14.1. The Morgan fingerprint density at radius 3 is 2.68 bits per heavy atom. The molecule has 2 amide bonds. The predicted molar refractivity (Wildman–Crippen MR) is 158 cm³/mol. The molecule has 0 unspecified atom stereocenters. The Hall–Kier alpha value is -4.48. The molecule has 4 aromatic rings. The van der Waals surface area contributed by atoms with Crippen LogP contribution in [0.4, 0.5) is 22.9 Å². The molecular formula is C30H35N7O4. The van der Waals surface area contributed by atoms with E-state index in [1.165, 1.54) is 6.33 Å². The second kappa shape index (κ2) is 12.4. The van der Waals surface area contributed by atoms with Crippen LogP contribution in [0.25, 0.3) is 5.52 Å². The minimum atomic E-state index is -0.206. The van der Waals surface area contributed by atoms with Crippen molar-refractivity contribution in [1.29, 1.82) is 0 Å². The maximum absolute atomic E-state index is 13.2. The minimum Gasteiger partial charge on any atom is -0.383 e. The van der Waals surface area contributed by atoms with Gasteiger partial charge in [0.05, 0.1) is 25.4 Å². The number of methoxy groups -OCH3 is 1. The van der Waals surface area contributed by atoms with Crippen molar-refractivity contribution in [3.63, 3.8) is 0 Å². The van der Waals surface area contributed by atoms with Gasteiger partial charge in [-0.05, 0) is 62.2 Å². The highest BCUT2D eigenvalue weighted by molar-refractivity contribution is 6.05. The lowest BCUT2D eigenvalue weighted by atomic mass is 10.1. The molecule has 1 fully saturated rings. The summed E-state index contributed by atoms with van der Waals surface area (Å²) in [6, 6.07) is 13.2. The smallest absolute Gasteiger partial charge is 0.255 e. The van der Waals surface area contributed by atoms with Crippen LogP contribution >= 0.6 is 0 Å². The Balaban J connectivity index is 1.35. The number of carbonyl (C=O) groups excluding carboxylic acids is 2. The molecule has 5 rings (SSSR count). The number of aromatic nitrogens is 3.